The van der Waals surface area contributed by atoms with Crippen molar-refractivity contribution in [2.45, 2.75) is 11.8 Å². The Kier molecular flexibility index (Phi) is 6.33. The zero-order valence-electron chi connectivity index (χ0n) is 16.1. The van der Waals surface area contributed by atoms with E-state index in [1.54, 1.807) is 24.3 Å². The molecule has 0 aliphatic carbocycles. The number of aryl methyl sites for hydroxylation is 1. The van der Waals surface area contributed by atoms with Gasteiger partial charge in [-0.15, -0.1) is 0 Å². The van der Waals surface area contributed by atoms with Crippen LogP contribution in [0.4, 0.5) is 5.69 Å². The molecule has 7 nitrogen and oxygen atoms in total. The van der Waals surface area contributed by atoms with Crippen molar-refractivity contribution in [2.75, 3.05) is 45.2 Å². The van der Waals surface area contributed by atoms with E-state index in [-0.39, 0.29) is 17.3 Å². The highest BCUT2D eigenvalue weighted by molar-refractivity contribution is 7.89. The number of carbonyl (C=O) groups excluding carboxylic acids is 1. The van der Waals surface area contributed by atoms with Gasteiger partial charge in [-0.05, 0) is 43.3 Å². The average Bonchev–Trinajstić information content (AvgIpc) is 2.70. The third-order valence-electron chi connectivity index (χ3n) is 4.73. The molecule has 0 unspecified atom stereocenters. The Bertz CT molecular complexity index is 903. The lowest BCUT2D eigenvalue weighted by Gasteiger charge is -2.33. The van der Waals surface area contributed by atoms with Gasteiger partial charge in [-0.3, -0.25) is 9.69 Å². The number of carbonyl (C=O) groups is 1. The second kappa shape index (κ2) is 8.72. The molecule has 0 atom stereocenters. The van der Waals surface area contributed by atoms with E-state index < -0.39 is 10.0 Å². The number of benzene rings is 2. The first-order valence-electron chi connectivity index (χ1n) is 9.11. The molecule has 3 rings (SSSR count). The molecule has 1 aliphatic heterocycles. The molecule has 0 saturated carbocycles. The van der Waals surface area contributed by atoms with Gasteiger partial charge in [0.05, 0.1) is 18.6 Å². The van der Waals surface area contributed by atoms with Gasteiger partial charge in [-0.25, -0.2) is 8.42 Å². The Labute approximate surface area is 166 Å². The van der Waals surface area contributed by atoms with Gasteiger partial charge in [-0.2, -0.15) is 4.31 Å². The van der Waals surface area contributed by atoms with Gasteiger partial charge in [0.25, 0.3) is 0 Å². The van der Waals surface area contributed by atoms with Crippen molar-refractivity contribution in [2.24, 2.45) is 0 Å². The summed E-state index contributed by atoms with van der Waals surface area (Å²) in [6, 6.07) is 14.0. The van der Waals surface area contributed by atoms with E-state index in [0.717, 1.165) is 11.3 Å². The topological polar surface area (TPSA) is 79.0 Å². The molecule has 1 saturated heterocycles. The number of rotatable bonds is 6. The lowest BCUT2D eigenvalue weighted by molar-refractivity contribution is -0.117. The Morgan fingerprint density at radius 2 is 1.61 bits per heavy atom. The molecule has 1 N–H and O–H groups in total. The lowest BCUT2D eigenvalue weighted by atomic mass is 10.2. The molecule has 1 aliphatic rings. The molecule has 1 amide bonds. The van der Waals surface area contributed by atoms with E-state index in [2.05, 4.69) is 5.32 Å². The quantitative estimate of drug-likeness (QED) is 0.798. The fourth-order valence-electron chi connectivity index (χ4n) is 3.07. The SMILES string of the molecule is COc1ccc(S(=O)(=O)N2CCN(CC(=O)Nc3ccc(C)cc3)CC2)cc1. The van der Waals surface area contributed by atoms with Crippen LogP contribution in [0.25, 0.3) is 0 Å². The molecule has 0 aromatic heterocycles. The highest BCUT2D eigenvalue weighted by Gasteiger charge is 2.29. The summed E-state index contributed by atoms with van der Waals surface area (Å²) in [7, 11) is -2.00. The van der Waals surface area contributed by atoms with E-state index in [1.807, 2.05) is 36.1 Å². The number of methoxy groups -OCH3 is 1. The van der Waals surface area contributed by atoms with Crippen molar-refractivity contribution in [1.29, 1.82) is 0 Å². The van der Waals surface area contributed by atoms with Crippen molar-refractivity contribution >= 4 is 21.6 Å². The van der Waals surface area contributed by atoms with Gasteiger partial charge >= 0.3 is 0 Å². The van der Waals surface area contributed by atoms with E-state index >= 15 is 0 Å². The fraction of sp³-hybridized carbons (Fsp3) is 0.350. The van der Waals surface area contributed by atoms with Crippen molar-refractivity contribution < 1.29 is 17.9 Å². The number of piperazine rings is 1. The highest BCUT2D eigenvalue weighted by Crippen LogP contribution is 2.20. The van der Waals surface area contributed by atoms with Crippen molar-refractivity contribution in [3.05, 3.63) is 54.1 Å². The summed E-state index contributed by atoms with van der Waals surface area (Å²) in [6.07, 6.45) is 0. The predicted molar refractivity (Wildman–Crippen MR) is 108 cm³/mol. The molecule has 2 aromatic rings. The van der Waals surface area contributed by atoms with Crippen LogP contribution >= 0.6 is 0 Å². The number of nitrogens with zero attached hydrogens (tertiary/aromatic N) is 2. The van der Waals surface area contributed by atoms with Crippen LogP contribution in [0.2, 0.25) is 0 Å². The molecule has 0 spiro atoms. The second-order valence-corrected chi connectivity index (χ2v) is 8.71. The third kappa shape index (κ3) is 4.89. The van der Waals surface area contributed by atoms with Crippen LogP contribution < -0.4 is 10.1 Å². The number of ether oxygens (including phenoxy) is 1. The number of amides is 1. The molecular weight excluding hydrogens is 378 g/mol. The second-order valence-electron chi connectivity index (χ2n) is 6.77. The predicted octanol–water partition coefficient (Wildman–Crippen LogP) is 1.95. The van der Waals surface area contributed by atoms with Crippen LogP contribution in [0.15, 0.2) is 53.4 Å². The number of sulfonamides is 1. The van der Waals surface area contributed by atoms with Gasteiger partial charge in [0.1, 0.15) is 5.75 Å². The smallest absolute Gasteiger partial charge is 0.243 e. The summed E-state index contributed by atoms with van der Waals surface area (Å²) >= 11 is 0. The minimum atomic E-state index is -3.54. The Morgan fingerprint density at radius 1 is 1.00 bits per heavy atom. The highest BCUT2D eigenvalue weighted by atomic mass is 32.2. The molecule has 0 bridgehead atoms. The monoisotopic (exact) mass is 403 g/mol. The molecule has 8 heteroatoms. The van der Waals surface area contributed by atoms with E-state index in [4.69, 9.17) is 4.74 Å². The number of hydrogen-bond donors (Lipinski definition) is 1. The zero-order chi connectivity index (χ0) is 20.1. The van der Waals surface area contributed by atoms with Gasteiger partial charge in [-0.1, -0.05) is 17.7 Å². The maximum absolute atomic E-state index is 12.8. The Balaban J connectivity index is 1.53. The van der Waals surface area contributed by atoms with Crippen LogP contribution in [0.5, 0.6) is 5.75 Å². The van der Waals surface area contributed by atoms with Gasteiger partial charge in [0.2, 0.25) is 15.9 Å². The molecular formula is C20H25N3O4S. The molecule has 150 valence electrons. The fourth-order valence-corrected chi connectivity index (χ4v) is 4.49. The zero-order valence-corrected chi connectivity index (χ0v) is 16.9. The van der Waals surface area contributed by atoms with Crippen LogP contribution in [0.1, 0.15) is 5.56 Å². The van der Waals surface area contributed by atoms with Crippen LogP contribution in [-0.4, -0.2) is 63.4 Å². The summed E-state index contributed by atoms with van der Waals surface area (Å²) in [5.74, 6) is 0.513. The molecule has 1 heterocycles. The summed E-state index contributed by atoms with van der Waals surface area (Å²) in [5, 5.41) is 2.87. The van der Waals surface area contributed by atoms with Crippen LogP contribution in [-0.2, 0) is 14.8 Å². The average molecular weight is 404 g/mol. The Morgan fingerprint density at radius 3 is 2.18 bits per heavy atom. The van der Waals surface area contributed by atoms with E-state index in [1.165, 1.54) is 11.4 Å². The number of anilines is 1. The van der Waals surface area contributed by atoms with Gasteiger partial charge in [0.15, 0.2) is 0 Å². The summed E-state index contributed by atoms with van der Waals surface area (Å²) < 4.78 is 32.1. The first-order valence-corrected chi connectivity index (χ1v) is 10.6. The van der Waals surface area contributed by atoms with Crippen molar-refractivity contribution in [3.63, 3.8) is 0 Å². The third-order valence-corrected chi connectivity index (χ3v) is 6.64. The first-order chi connectivity index (χ1) is 13.4. The molecule has 2 aromatic carbocycles. The van der Waals surface area contributed by atoms with Crippen molar-refractivity contribution in [3.8, 4) is 5.75 Å². The lowest BCUT2D eigenvalue weighted by Crippen LogP contribution is -2.50. The van der Waals surface area contributed by atoms with Crippen LogP contribution in [0.3, 0.4) is 0 Å². The first kappa shape index (κ1) is 20.3. The summed E-state index contributed by atoms with van der Waals surface area (Å²) in [4.78, 5) is 14.4. The van der Waals surface area contributed by atoms with E-state index in [9.17, 15) is 13.2 Å². The largest absolute Gasteiger partial charge is 0.497 e. The molecule has 0 radical (unpaired) electrons. The van der Waals surface area contributed by atoms with Crippen LogP contribution in [0, 0.1) is 6.92 Å². The van der Waals surface area contributed by atoms with E-state index in [0.29, 0.717) is 31.9 Å². The Hall–Kier alpha value is -2.42. The summed E-state index contributed by atoms with van der Waals surface area (Å²) in [5.41, 5.74) is 1.89. The van der Waals surface area contributed by atoms with Crippen molar-refractivity contribution in [1.82, 2.24) is 9.21 Å². The maximum Gasteiger partial charge on any atom is 0.243 e. The van der Waals surface area contributed by atoms with Gasteiger partial charge in [0, 0.05) is 31.9 Å². The van der Waals surface area contributed by atoms with Gasteiger partial charge < -0.3 is 10.1 Å². The minimum absolute atomic E-state index is 0.102. The summed E-state index contributed by atoms with van der Waals surface area (Å²) in [6.45, 7) is 3.96. The molecule has 28 heavy (non-hydrogen) atoms. The maximum atomic E-state index is 12.8. The number of hydrogen-bond acceptors (Lipinski definition) is 5. The standard InChI is InChI=1S/C20H25N3O4S/c1-16-3-5-17(6-4-16)21-20(24)15-22-11-13-23(14-12-22)28(25,26)19-9-7-18(27-2)8-10-19/h3-10H,11-15H2,1-2H3,(H,21,24). The normalized spacial score (nSPS) is 15.9. The minimum Gasteiger partial charge on any atom is -0.497 e. The number of nitrogens with one attached hydrogen (secondary N) is 1. The molecule has 1 fully saturated rings.